The van der Waals surface area contributed by atoms with Gasteiger partial charge in [-0.2, -0.15) is 0 Å². The summed E-state index contributed by atoms with van der Waals surface area (Å²) in [6, 6.07) is 66.0. The molecule has 0 unspecified atom stereocenters. The zero-order valence-corrected chi connectivity index (χ0v) is 35.7. The van der Waals surface area contributed by atoms with Crippen LogP contribution in [0, 0.1) is 6.07 Å². The number of hydrogen-bond donors (Lipinski definition) is 1. The Kier molecular flexibility index (Phi) is 9.50. The van der Waals surface area contributed by atoms with Crippen molar-refractivity contribution >= 4 is 43.7 Å². The summed E-state index contributed by atoms with van der Waals surface area (Å²) >= 11 is 0. The molecule has 0 aliphatic heterocycles. The third-order valence-electron chi connectivity index (χ3n) is 12.0. The second kappa shape index (κ2) is 15.2. The van der Waals surface area contributed by atoms with Gasteiger partial charge in [-0.15, -0.1) is 29.3 Å². The summed E-state index contributed by atoms with van der Waals surface area (Å²) in [5, 5.41) is 15.6. The van der Waals surface area contributed by atoms with Crippen LogP contribution in [0.4, 0.5) is 0 Å². The normalized spacial score (nSPS) is 11.7. The number of nitrogens with zero attached hydrogens (tertiary/aromatic N) is 3. The molecule has 0 aliphatic carbocycles. The summed E-state index contributed by atoms with van der Waals surface area (Å²) in [7, 11) is 0. The van der Waals surface area contributed by atoms with Gasteiger partial charge in [0.05, 0.1) is 22.3 Å². The summed E-state index contributed by atoms with van der Waals surface area (Å²) in [6.45, 7) is 4.52. The average Bonchev–Trinajstić information content (AvgIpc) is 3.88. The van der Waals surface area contributed by atoms with Crippen molar-refractivity contribution in [1.29, 1.82) is 0 Å². The number of aromatic nitrogens is 3. The van der Waals surface area contributed by atoms with E-state index in [9.17, 15) is 5.11 Å². The zero-order chi connectivity index (χ0) is 40.4. The second-order valence-electron chi connectivity index (χ2n) is 15.9. The van der Waals surface area contributed by atoms with E-state index in [0.717, 1.165) is 88.5 Å². The molecule has 0 saturated heterocycles. The van der Waals surface area contributed by atoms with Gasteiger partial charge in [0.25, 0.3) is 0 Å². The Morgan fingerprint density at radius 1 is 0.590 bits per heavy atom. The summed E-state index contributed by atoms with van der Waals surface area (Å²) in [4.78, 5) is 10.5. The Morgan fingerprint density at radius 2 is 1.28 bits per heavy atom. The van der Waals surface area contributed by atoms with Crippen molar-refractivity contribution in [1.82, 2.24) is 14.5 Å². The van der Waals surface area contributed by atoms with Gasteiger partial charge < -0.3 is 9.52 Å². The molecule has 0 radical (unpaired) electrons. The van der Waals surface area contributed by atoms with E-state index in [1.54, 1.807) is 6.07 Å². The molecule has 0 aliphatic rings. The third kappa shape index (κ3) is 6.45. The molecule has 6 heteroatoms. The Labute approximate surface area is 367 Å². The molecule has 11 aromatic rings. The van der Waals surface area contributed by atoms with E-state index in [4.69, 9.17) is 14.4 Å². The summed E-state index contributed by atoms with van der Waals surface area (Å²) < 4.78 is 8.81. The first-order chi connectivity index (χ1) is 29.4. The van der Waals surface area contributed by atoms with Gasteiger partial charge in [-0.1, -0.05) is 158 Å². The average molecular weight is 968 g/mol. The predicted octanol–water partition coefficient (Wildman–Crippen LogP) is 14.0. The predicted molar refractivity (Wildman–Crippen MR) is 244 cm³/mol. The van der Waals surface area contributed by atoms with Gasteiger partial charge in [-0.05, 0) is 52.9 Å². The van der Waals surface area contributed by atoms with E-state index >= 15 is 0 Å². The van der Waals surface area contributed by atoms with Gasteiger partial charge in [-0.25, -0.2) is 4.98 Å². The zero-order valence-electron chi connectivity index (χ0n) is 33.4. The van der Waals surface area contributed by atoms with Crippen LogP contribution in [0.5, 0.6) is 5.75 Å². The van der Waals surface area contributed by atoms with Crippen molar-refractivity contribution in [2.45, 2.75) is 19.3 Å². The molecule has 0 fully saturated rings. The van der Waals surface area contributed by atoms with Crippen molar-refractivity contribution < 1.29 is 30.6 Å². The van der Waals surface area contributed by atoms with Crippen LogP contribution in [0.25, 0.3) is 94.3 Å². The van der Waals surface area contributed by atoms with Crippen LogP contribution in [-0.4, -0.2) is 19.6 Å². The molecule has 296 valence electrons. The number of aromatic hydroxyl groups is 1. The Bertz CT molecular complexity index is 3420. The second-order valence-corrected chi connectivity index (χ2v) is 15.9. The monoisotopic (exact) mass is 967 g/mol. The van der Waals surface area contributed by atoms with Gasteiger partial charge in [0.2, 0.25) is 0 Å². The van der Waals surface area contributed by atoms with Gasteiger partial charge in [0.1, 0.15) is 22.7 Å². The van der Waals surface area contributed by atoms with E-state index in [2.05, 4.69) is 164 Å². The number of imidazole rings is 1. The number of benzene rings is 8. The van der Waals surface area contributed by atoms with E-state index in [1.165, 1.54) is 5.56 Å². The summed E-state index contributed by atoms with van der Waals surface area (Å²) in [6.07, 6.45) is 1.93. The van der Waals surface area contributed by atoms with Crippen molar-refractivity contribution in [3.63, 3.8) is 0 Å². The van der Waals surface area contributed by atoms with Crippen LogP contribution in [-0.2, 0) is 26.5 Å². The fraction of sp³-hybridized carbons (Fsp3) is 0.0545. The molecule has 3 aromatic heterocycles. The van der Waals surface area contributed by atoms with Crippen LogP contribution in [0.3, 0.4) is 0 Å². The quantitative estimate of drug-likeness (QED) is 0.162. The fourth-order valence-corrected chi connectivity index (χ4v) is 8.72. The van der Waals surface area contributed by atoms with Gasteiger partial charge in [-0.3, -0.25) is 9.55 Å². The topological polar surface area (TPSA) is 64.1 Å². The number of phenols is 1. The van der Waals surface area contributed by atoms with E-state index < -0.39 is 0 Å². The van der Waals surface area contributed by atoms with E-state index in [0.29, 0.717) is 11.4 Å². The maximum absolute atomic E-state index is 11.3. The molecule has 61 heavy (non-hydrogen) atoms. The third-order valence-corrected chi connectivity index (χ3v) is 12.0. The number of phenolic OH excluding ortho intramolecular Hbond substituents is 1. The van der Waals surface area contributed by atoms with E-state index in [1.807, 2.05) is 42.6 Å². The summed E-state index contributed by atoms with van der Waals surface area (Å²) in [5.74, 6) is 0.803. The first kappa shape index (κ1) is 38.2. The SMILES string of the molecule is CC(C)(c1ccccc1)c1cc(-c2cc3oc4c5ccccc5ccc4c3cn2)[c-]c(-c2cccc3c2nc(-c2ccccc2O)n3-c2ccccc2-c2ccccc2)c1.[Pt]. The minimum atomic E-state index is -0.370. The number of rotatable bonds is 7. The molecule has 0 atom stereocenters. The first-order valence-electron chi connectivity index (χ1n) is 20.2. The maximum atomic E-state index is 11.3. The number of hydrogen-bond acceptors (Lipinski definition) is 4. The van der Waals surface area contributed by atoms with Crippen molar-refractivity contribution in [2.24, 2.45) is 0 Å². The maximum Gasteiger partial charge on any atom is 0.148 e. The molecular weight excluding hydrogens is 930 g/mol. The Morgan fingerprint density at radius 3 is 2.10 bits per heavy atom. The fourth-order valence-electron chi connectivity index (χ4n) is 8.72. The molecule has 1 N–H and O–H groups in total. The van der Waals surface area contributed by atoms with Crippen LogP contribution in [0.2, 0.25) is 0 Å². The molecule has 0 amide bonds. The minimum absolute atomic E-state index is 0. The molecule has 0 spiro atoms. The molecule has 3 heterocycles. The van der Waals surface area contributed by atoms with Gasteiger partial charge >= 0.3 is 0 Å². The van der Waals surface area contributed by atoms with E-state index in [-0.39, 0.29) is 32.2 Å². The molecule has 5 nitrogen and oxygen atoms in total. The number of fused-ring (bicyclic) bond motifs is 6. The van der Waals surface area contributed by atoms with Crippen molar-refractivity contribution in [3.8, 4) is 56.3 Å². The van der Waals surface area contributed by atoms with Crippen LogP contribution < -0.4 is 0 Å². The van der Waals surface area contributed by atoms with Crippen LogP contribution >= 0.6 is 0 Å². The minimum Gasteiger partial charge on any atom is -0.507 e. The number of pyridine rings is 1. The first-order valence-corrected chi connectivity index (χ1v) is 20.2. The molecule has 0 saturated carbocycles. The van der Waals surface area contributed by atoms with Crippen molar-refractivity contribution in [2.75, 3.05) is 0 Å². The van der Waals surface area contributed by atoms with Crippen LogP contribution in [0.15, 0.2) is 193 Å². The summed E-state index contributed by atoms with van der Waals surface area (Å²) in [5.41, 5.74) is 12.5. The Balaban J connectivity index is 0.00000445. The van der Waals surface area contributed by atoms with Crippen LogP contribution in [0.1, 0.15) is 25.0 Å². The van der Waals surface area contributed by atoms with Gasteiger partial charge in [0, 0.05) is 60.1 Å². The molecule has 8 aromatic carbocycles. The molecular formula is C55H38N3O2Pt-. The smallest absolute Gasteiger partial charge is 0.148 e. The van der Waals surface area contributed by atoms with Gasteiger partial charge in [0.15, 0.2) is 0 Å². The molecule has 11 rings (SSSR count). The Hall–Kier alpha value is -7.07. The largest absolute Gasteiger partial charge is 0.507 e. The van der Waals surface area contributed by atoms with Crippen molar-refractivity contribution in [3.05, 3.63) is 205 Å². The number of furan rings is 1. The molecule has 0 bridgehead atoms. The standard InChI is InChI=1S/C55H38N3O2.Pt/c1-55(2,39-19-7-4-8-20-39)40-31-37(30-38(32-40)47-33-51-46(34-56-47)44-29-28-36-18-9-10-22-43(36)53(44)60-51)42-24-15-26-49-52(42)57-54(45-23-12-14-27-50(45)59)58(49)48-25-13-11-21-41(48)35-16-5-3-6-17-35;/h3-29,31-34,59H,1-2H3;/q-1;. The number of para-hydroxylation sites is 3.